The van der Waals surface area contributed by atoms with Crippen molar-refractivity contribution >= 4 is 0 Å². The van der Waals surface area contributed by atoms with Gasteiger partial charge in [-0.1, -0.05) is 0 Å². The molecule has 0 aliphatic carbocycles. The molecule has 1 aliphatic heterocycles. The molecule has 82 valence electrons. The molecule has 3 nitrogen and oxygen atoms in total. The van der Waals surface area contributed by atoms with Crippen LogP contribution in [0.5, 0.6) is 11.5 Å². The molecule has 1 aromatic rings. The number of rotatable bonds is 3. The minimum Gasteiger partial charge on any atom is -0.496 e. The first-order valence-corrected chi connectivity index (χ1v) is 5.05. The molecular formula is C12H16O3. The molecule has 0 aromatic heterocycles. The van der Waals surface area contributed by atoms with Gasteiger partial charge in [-0.15, -0.1) is 0 Å². The van der Waals surface area contributed by atoms with Gasteiger partial charge in [0.05, 0.1) is 20.3 Å². The second-order valence-electron chi connectivity index (χ2n) is 3.83. The molecule has 1 fully saturated rings. The van der Waals surface area contributed by atoms with Crippen LogP contribution in [0.25, 0.3) is 0 Å². The lowest BCUT2D eigenvalue weighted by Gasteiger charge is -2.11. The van der Waals surface area contributed by atoms with E-state index >= 15 is 0 Å². The second kappa shape index (κ2) is 3.74. The van der Waals surface area contributed by atoms with Crippen molar-refractivity contribution in [1.29, 1.82) is 0 Å². The van der Waals surface area contributed by atoms with Crippen molar-refractivity contribution in [2.45, 2.75) is 26.1 Å². The monoisotopic (exact) mass is 208 g/mol. The summed E-state index contributed by atoms with van der Waals surface area (Å²) in [6, 6.07) is 3.99. The van der Waals surface area contributed by atoms with Gasteiger partial charge in [0.15, 0.2) is 0 Å². The fourth-order valence-electron chi connectivity index (χ4n) is 1.81. The Bertz CT molecular complexity index is 373. The maximum atomic E-state index is 5.45. The minimum atomic E-state index is 0.162. The molecule has 1 saturated heterocycles. The van der Waals surface area contributed by atoms with Crippen molar-refractivity contribution in [3.8, 4) is 11.5 Å². The van der Waals surface area contributed by atoms with Crippen LogP contribution in [0.4, 0.5) is 0 Å². The third kappa shape index (κ3) is 1.79. The summed E-state index contributed by atoms with van der Waals surface area (Å²) in [7, 11) is 3.35. The first kappa shape index (κ1) is 10.3. The average molecular weight is 208 g/mol. The van der Waals surface area contributed by atoms with E-state index < -0.39 is 0 Å². The van der Waals surface area contributed by atoms with Gasteiger partial charge in [-0.05, 0) is 31.5 Å². The highest BCUT2D eigenvalue weighted by molar-refractivity contribution is 5.48. The average Bonchev–Trinajstić information content (AvgIpc) is 2.95. The van der Waals surface area contributed by atoms with Crippen LogP contribution < -0.4 is 9.47 Å². The lowest BCUT2D eigenvalue weighted by atomic mass is 10.1. The first-order valence-electron chi connectivity index (χ1n) is 5.05. The van der Waals surface area contributed by atoms with Crippen LogP contribution in [-0.2, 0) is 4.74 Å². The van der Waals surface area contributed by atoms with E-state index in [1.807, 2.05) is 19.1 Å². The molecule has 0 amide bonds. The molecule has 3 heteroatoms. The smallest absolute Gasteiger partial charge is 0.125 e. The van der Waals surface area contributed by atoms with E-state index in [0.29, 0.717) is 0 Å². The number of aryl methyl sites for hydroxylation is 1. The molecule has 1 aromatic carbocycles. The van der Waals surface area contributed by atoms with E-state index in [9.17, 15) is 0 Å². The Kier molecular flexibility index (Phi) is 2.57. The van der Waals surface area contributed by atoms with Crippen molar-refractivity contribution in [1.82, 2.24) is 0 Å². The molecule has 2 unspecified atom stereocenters. The number of epoxide rings is 1. The van der Waals surface area contributed by atoms with E-state index in [0.717, 1.165) is 22.6 Å². The van der Waals surface area contributed by atoms with Gasteiger partial charge in [-0.2, -0.15) is 0 Å². The van der Waals surface area contributed by atoms with Crippen molar-refractivity contribution in [3.05, 3.63) is 23.3 Å². The molecule has 2 atom stereocenters. The third-order valence-electron chi connectivity index (χ3n) is 2.76. The number of hydrogen-bond acceptors (Lipinski definition) is 3. The predicted octanol–water partition coefficient (Wildman–Crippen LogP) is 2.47. The summed E-state index contributed by atoms with van der Waals surface area (Å²) >= 11 is 0. The predicted molar refractivity (Wildman–Crippen MR) is 57.6 cm³/mol. The molecule has 0 saturated carbocycles. The van der Waals surface area contributed by atoms with Gasteiger partial charge in [0, 0.05) is 5.56 Å². The van der Waals surface area contributed by atoms with Crippen LogP contribution in [0.2, 0.25) is 0 Å². The van der Waals surface area contributed by atoms with Crippen molar-refractivity contribution < 1.29 is 14.2 Å². The zero-order valence-electron chi connectivity index (χ0n) is 9.53. The van der Waals surface area contributed by atoms with Gasteiger partial charge in [-0.25, -0.2) is 0 Å². The molecule has 0 radical (unpaired) electrons. The van der Waals surface area contributed by atoms with Crippen molar-refractivity contribution in [3.63, 3.8) is 0 Å². The van der Waals surface area contributed by atoms with E-state index in [1.165, 1.54) is 0 Å². The van der Waals surface area contributed by atoms with Gasteiger partial charge >= 0.3 is 0 Å². The van der Waals surface area contributed by atoms with Crippen LogP contribution in [0.15, 0.2) is 12.1 Å². The Hall–Kier alpha value is -1.22. The van der Waals surface area contributed by atoms with Gasteiger partial charge in [0.1, 0.15) is 17.6 Å². The third-order valence-corrected chi connectivity index (χ3v) is 2.76. The summed E-state index contributed by atoms with van der Waals surface area (Å²) in [6.45, 7) is 4.05. The summed E-state index contributed by atoms with van der Waals surface area (Å²) in [6.07, 6.45) is 0.445. The number of ether oxygens (including phenoxy) is 3. The maximum Gasteiger partial charge on any atom is 0.125 e. The molecular weight excluding hydrogens is 192 g/mol. The Morgan fingerprint density at radius 2 is 1.73 bits per heavy atom. The molecule has 2 rings (SSSR count). The molecule has 1 heterocycles. The molecule has 0 N–H and O–H groups in total. The Labute approximate surface area is 90.0 Å². The van der Waals surface area contributed by atoms with Gasteiger partial charge in [-0.3, -0.25) is 0 Å². The van der Waals surface area contributed by atoms with Gasteiger partial charge in [0.25, 0.3) is 0 Å². The Morgan fingerprint density at radius 1 is 1.13 bits per heavy atom. The highest BCUT2D eigenvalue weighted by atomic mass is 16.6. The quantitative estimate of drug-likeness (QED) is 0.715. The molecule has 1 aliphatic rings. The zero-order chi connectivity index (χ0) is 11.0. The first-order chi connectivity index (χ1) is 7.17. The normalized spacial score (nSPS) is 23.7. The number of benzene rings is 1. The fraction of sp³-hybridized carbons (Fsp3) is 0.500. The molecule has 0 spiro atoms. The zero-order valence-corrected chi connectivity index (χ0v) is 9.53. The highest BCUT2D eigenvalue weighted by Gasteiger charge is 2.38. The summed E-state index contributed by atoms with van der Waals surface area (Å²) < 4.78 is 16.1. The summed E-state index contributed by atoms with van der Waals surface area (Å²) in [5, 5.41) is 0. The summed E-state index contributed by atoms with van der Waals surface area (Å²) in [5.41, 5.74) is 2.15. The van der Waals surface area contributed by atoms with Crippen molar-refractivity contribution in [2.24, 2.45) is 0 Å². The van der Waals surface area contributed by atoms with Crippen LogP contribution in [-0.4, -0.2) is 20.3 Å². The molecule has 0 bridgehead atoms. The van der Waals surface area contributed by atoms with Crippen molar-refractivity contribution in [2.75, 3.05) is 14.2 Å². The SMILES string of the molecule is COc1cc(C2OC2C)c(OC)cc1C. The second-order valence-corrected chi connectivity index (χ2v) is 3.83. The van der Waals surface area contributed by atoms with E-state index in [4.69, 9.17) is 14.2 Å². The molecule has 15 heavy (non-hydrogen) atoms. The standard InChI is InChI=1S/C12H16O3/c1-7-5-11(14-4)9(6-10(7)13-3)12-8(2)15-12/h5-6,8,12H,1-4H3. The maximum absolute atomic E-state index is 5.45. The number of hydrogen-bond donors (Lipinski definition) is 0. The van der Waals surface area contributed by atoms with Gasteiger partial charge < -0.3 is 14.2 Å². The summed E-state index contributed by atoms with van der Waals surface area (Å²) in [5.74, 6) is 1.76. The Balaban J connectivity index is 2.42. The summed E-state index contributed by atoms with van der Waals surface area (Å²) in [4.78, 5) is 0. The fourth-order valence-corrected chi connectivity index (χ4v) is 1.81. The topological polar surface area (TPSA) is 31.0 Å². The van der Waals surface area contributed by atoms with Crippen LogP contribution in [0.1, 0.15) is 24.2 Å². The van der Waals surface area contributed by atoms with E-state index in [1.54, 1.807) is 14.2 Å². The lowest BCUT2D eigenvalue weighted by molar-refractivity contribution is 0.364. The largest absolute Gasteiger partial charge is 0.496 e. The highest BCUT2D eigenvalue weighted by Crippen LogP contribution is 2.44. The lowest BCUT2D eigenvalue weighted by Crippen LogP contribution is -1.96. The number of methoxy groups -OCH3 is 2. The Morgan fingerprint density at radius 3 is 2.20 bits per heavy atom. The van der Waals surface area contributed by atoms with E-state index in [2.05, 4.69) is 6.92 Å². The van der Waals surface area contributed by atoms with Crippen LogP contribution in [0, 0.1) is 6.92 Å². The van der Waals surface area contributed by atoms with Crippen LogP contribution >= 0.6 is 0 Å². The minimum absolute atomic E-state index is 0.162. The van der Waals surface area contributed by atoms with E-state index in [-0.39, 0.29) is 12.2 Å². The van der Waals surface area contributed by atoms with Crippen LogP contribution in [0.3, 0.4) is 0 Å². The van der Waals surface area contributed by atoms with Gasteiger partial charge in [0.2, 0.25) is 0 Å².